The summed E-state index contributed by atoms with van der Waals surface area (Å²) >= 11 is 0. The minimum Gasteiger partial charge on any atom is -0.493 e. The van der Waals surface area contributed by atoms with Gasteiger partial charge in [-0.2, -0.15) is 0 Å². The lowest BCUT2D eigenvalue weighted by Gasteiger charge is -2.09. The average Bonchev–Trinajstić information content (AvgIpc) is 2.52. The Bertz CT molecular complexity index is 680. The van der Waals surface area contributed by atoms with Gasteiger partial charge in [-0.3, -0.25) is 0 Å². The molecule has 0 aliphatic carbocycles. The molecule has 0 atom stereocenters. The van der Waals surface area contributed by atoms with E-state index >= 15 is 0 Å². The van der Waals surface area contributed by atoms with Gasteiger partial charge in [-0.1, -0.05) is 55.8 Å². The first-order valence-corrected chi connectivity index (χ1v) is 7.70. The highest BCUT2D eigenvalue weighted by molar-refractivity contribution is 6.20. The zero-order valence-corrected chi connectivity index (χ0v) is 13.7. The van der Waals surface area contributed by atoms with E-state index in [0.29, 0.717) is 18.1 Å². The maximum absolute atomic E-state index is 11.5. The number of benzene rings is 2. The second-order valence-corrected chi connectivity index (χ2v) is 6.00. The van der Waals surface area contributed by atoms with E-state index in [2.05, 4.69) is 13.8 Å². The van der Waals surface area contributed by atoms with E-state index in [1.54, 1.807) is 6.08 Å². The Kier molecular flexibility index (Phi) is 5.58. The maximum atomic E-state index is 11.5. The summed E-state index contributed by atoms with van der Waals surface area (Å²) < 4.78 is 5.64. The van der Waals surface area contributed by atoms with Crippen LogP contribution in [0.4, 0.5) is 0 Å². The van der Waals surface area contributed by atoms with E-state index in [1.807, 2.05) is 55.5 Å². The molecule has 3 nitrogen and oxygen atoms in total. The molecule has 0 aromatic heterocycles. The molecule has 0 bridgehead atoms. The third-order valence-electron chi connectivity index (χ3n) is 3.37. The molecule has 120 valence electrons. The van der Waals surface area contributed by atoms with Gasteiger partial charge in [-0.15, -0.1) is 0 Å². The van der Waals surface area contributed by atoms with Gasteiger partial charge < -0.3 is 9.84 Å². The molecule has 1 N–H and O–H groups in total. The van der Waals surface area contributed by atoms with Crippen LogP contribution in [0, 0.1) is 12.8 Å². The molecule has 23 heavy (non-hydrogen) atoms. The molecule has 0 heterocycles. The average molecular weight is 310 g/mol. The number of hydrogen-bond donors (Lipinski definition) is 1. The highest BCUT2D eigenvalue weighted by atomic mass is 16.5. The Balaban J connectivity index is 2.22. The van der Waals surface area contributed by atoms with Crippen LogP contribution >= 0.6 is 0 Å². The zero-order chi connectivity index (χ0) is 16.8. The Labute approximate surface area is 137 Å². The second-order valence-electron chi connectivity index (χ2n) is 6.00. The number of carboxylic acid groups (broad SMARTS) is 1. The van der Waals surface area contributed by atoms with E-state index in [0.717, 1.165) is 16.9 Å². The quantitative estimate of drug-likeness (QED) is 0.624. The summed E-state index contributed by atoms with van der Waals surface area (Å²) in [5.74, 6) is 0.326. The molecular formula is C20H22O3. The number of aliphatic carboxylic acids is 1. The third kappa shape index (κ3) is 4.99. The van der Waals surface area contributed by atoms with Gasteiger partial charge in [0.25, 0.3) is 0 Å². The lowest BCUT2D eigenvalue weighted by atomic mass is 10.0. The number of hydrogen-bond acceptors (Lipinski definition) is 2. The van der Waals surface area contributed by atoms with Crippen LogP contribution in [-0.2, 0) is 4.79 Å². The van der Waals surface area contributed by atoms with Crippen molar-refractivity contribution < 1.29 is 14.6 Å². The van der Waals surface area contributed by atoms with Crippen molar-refractivity contribution in [3.05, 3.63) is 65.2 Å². The lowest BCUT2D eigenvalue weighted by molar-refractivity contribution is -0.130. The highest BCUT2D eigenvalue weighted by Gasteiger charge is 2.10. The number of carboxylic acids is 1. The van der Waals surface area contributed by atoms with Crippen LogP contribution < -0.4 is 4.74 Å². The topological polar surface area (TPSA) is 46.5 Å². The van der Waals surface area contributed by atoms with Crippen molar-refractivity contribution in [2.45, 2.75) is 20.8 Å². The van der Waals surface area contributed by atoms with Crippen molar-refractivity contribution in [3.8, 4) is 5.75 Å². The van der Waals surface area contributed by atoms with Crippen LogP contribution in [0.15, 0.2) is 48.5 Å². The number of rotatable bonds is 6. The summed E-state index contributed by atoms with van der Waals surface area (Å²) in [5.41, 5.74) is 2.91. The van der Waals surface area contributed by atoms with Crippen molar-refractivity contribution in [1.82, 2.24) is 0 Å². The zero-order valence-electron chi connectivity index (χ0n) is 13.7. The largest absolute Gasteiger partial charge is 0.493 e. The van der Waals surface area contributed by atoms with Crippen molar-refractivity contribution in [2.24, 2.45) is 5.92 Å². The predicted octanol–water partition coefficient (Wildman–Crippen LogP) is 4.66. The highest BCUT2D eigenvalue weighted by Crippen LogP contribution is 2.21. The normalized spacial score (nSPS) is 11.6. The fraction of sp³-hybridized carbons (Fsp3) is 0.250. The van der Waals surface area contributed by atoms with Crippen LogP contribution in [0.1, 0.15) is 30.5 Å². The molecular weight excluding hydrogens is 288 g/mol. The summed E-state index contributed by atoms with van der Waals surface area (Å²) in [7, 11) is 0. The molecule has 2 aromatic rings. The number of ether oxygens (including phenoxy) is 1. The van der Waals surface area contributed by atoms with E-state index in [4.69, 9.17) is 4.74 Å². The van der Waals surface area contributed by atoms with Crippen molar-refractivity contribution >= 4 is 17.6 Å². The molecule has 3 heteroatoms. The molecule has 0 saturated carbocycles. The smallest absolute Gasteiger partial charge is 0.336 e. The van der Waals surface area contributed by atoms with Gasteiger partial charge in [-0.05, 0) is 42.2 Å². The van der Waals surface area contributed by atoms with E-state index in [-0.39, 0.29) is 5.57 Å². The standard InChI is InChI=1S/C20H22O3/c1-14(2)13-23-18-10-6-16(7-11-18)12-19(20(21)22)17-8-4-15(3)5-9-17/h4-12,14H,13H2,1-3H3,(H,21,22)/b19-12-. The van der Waals surface area contributed by atoms with Gasteiger partial charge in [0.1, 0.15) is 5.75 Å². The summed E-state index contributed by atoms with van der Waals surface area (Å²) in [6.45, 7) is 6.83. The molecule has 0 aliphatic heterocycles. The molecule has 0 saturated heterocycles. The number of aryl methyl sites for hydroxylation is 1. The summed E-state index contributed by atoms with van der Waals surface area (Å²) in [6, 6.07) is 14.9. The summed E-state index contributed by atoms with van der Waals surface area (Å²) in [6.07, 6.45) is 1.68. The minimum atomic E-state index is -0.936. The van der Waals surface area contributed by atoms with Gasteiger partial charge in [0, 0.05) is 0 Å². The van der Waals surface area contributed by atoms with Gasteiger partial charge in [0.05, 0.1) is 12.2 Å². The Morgan fingerprint density at radius 1 is 1.09 bits per heavy atom. The fourth-order valence-corrected chi connectivity index (χ4v) is 2.09. The molecule has 0 aliphatic rings. The fourth-order valence-electron chi connectivity index (χ4n) is 2.09. The van der Waals surface area contributed by atoms with Crippen molar-refractivity contribution in [2.75, 3.05) is 6.61 Å². The monoisotopic (exact) mass is 310 g/mol. The summed E-state index contributed by atoms with van der Waals surface area (Å²) in [4.78, 5) is 11.5. The Hall–Kier alpha value is -2.55. The molecule has 2 rings (SSSR count). The third-order valence-corrected chi connectivity index (χ3v) is 3.37. The van der Waals surface area contributed by atoms with E-state index in [9.17, 15) is 9.90 Å². The van der Waals surface area contributed by atoms with Crippen molar-refractivity contribution in [3.63, 3.8) is 0 Å². The lowest BCUT2D eigenvalue weighted by Crippen LogP contribution is -2.04. The first-order chi connectivity index (χ1) is 11.0. The van der Waals surface area contributed by atoms with E-state index in [1.165, 1.54) is 0 Å². The van der Waals surface area contributed by atoms with Crippen LogP contribution in [-0.4, -0.2) is 17.7 Å². The molecule has 0 fully saturated rings. The number of carbonyl (C=O) groups is 1. The summed E-state index contributed by atoms with van der Waals surface area (Å²) in [5, 5.41) is 9.46. The van der Waals surface area contributed by atoms with Crippen LogP contribution in [0.3, 0.4) is 0 Å². The van der Waals surface area contributed by atoms with E-state index < -0.39 is 5.97 Å². The van der Waals surface area contributed by atoms with Gasteiger partial charge >= 0.3 is 5.97 Å². The first kappa shape index (κ1) is 16.8. The van der Waals surface area contributed by atoms with Gasteiger partial charge in [0.15, 0.2) is 0 Å². The van der Waals surface area contributed by atoms with Crippen LogP contribution in [0.25, 0.3) is 11.6 Å². The van der Waals surface area contributed by atoms with Gasteiger partial charge in [0.2, 0.25) is 0 Å². The molecule has 0 radical (unpaired) electrons. The first-order valence-electron chi connectivity index (χ1n) is 7.70. The van der Waals surface area contributed by atoms with Crippen molar-refractivity contribution in [1.29, 1.82) is 0 Å². The minimum absolute atomic E-state index is 0.279. The molecule has 0 amide bonds. The Morgan fingerprint density at radius 3 is 2.22 bits per heavy atom. The second kappa shape index (κ2) is 7.63. The van der Waals surface area contributed by atoms with Crippen LogP contribution in [0.2, 0.25) is 0 Å². The molecule has 0 spiro atoms. The SMILES string of the molecule is Cc1ccc(/C(=C/c2ccc(OCC(C)C)cc2)C(=O)O)cc1. The molecule has 2 aromatic carbocycles. The Morgan fingerprint density at radius 2 is 1.70 bits per heavy atom. The molecule has 0 unspecified atom stereocenters. The predicted molar refractivity (Wildman–Crippen MR) is 93.5 cm³/mol. The van der Waals surface area contributed by atoms with Crippen LogP contribution in [0.5, 0.6) is 5.75 Å². The maximum Gasteiger partial charge on any atom is 0.336 e. The van der Waals surface area contributed by atoms with Gasteiger partial charge in [-0.25, -0.2) is 4.79 Å².